The molecule has 0 bridgehead atoms. The van der Waals surface area contributed by atoms with Crippen LogP contribution in [0.3, 0.4) is 0 Å². The lowest BCUT2D eigenvalue weighted by atomic mass is 10.1. The van der Waals surface area contributed by atoms with E-state index in [1.54, 1.807) is 6.07 Å². The Balaban J connectivity index is 1.49. The summed E-state index contributed by atoms with van der Waals surface area (Å²) in [4.78, 5) is 24.4. The first-order chi connectivity index (χ1) is 16.4. The quantitative estimate of drug-likeness (QED) is 0.212. The third-order valence-corrected chi connectivity index (χ3v) is 6.33. The van der Waals surface area contributed by atoms with Crippen LogP contribution in [0, 0.1) is 6.92 Å². The van der Waals surface area contributed by atoms with Crippen LogP contribution >= 0.6 is 15.9 Å². The molecule has 3 rings (SSSR count). The number of halogens is 1. The maximum Gasteiger partial charge on any atom is 0.264 e. The highest BCUT2D eigenvalue weighted by atomic mass is 79.9. The van der Waals surface area contributed by atoms with Crippen LogP contribution in [0.5, 0.6) is 5.88 Å². The Kier molecular flexibility index (Phi) is 9.39. The van der Waals surface area contributed by atoms with Gasteiger partial charge in [0.25, 0.3) is 11.8 Å². The van der Waals surface area contributed by atoms with Crippen LogP contribution in [0.15, 0.2) is 57.2 Å². The first-order valence-electron chi connectivity index (χ1n) is 11.7. The molecule has 2 amide bonds. The zero-order chi connectivity index (χ0) is 24.5. The summed E-state index contributed by atoms with van der Waals surface area (Å²) in [5.41, 5.74) is 2.89. The summed E-state index contributed by atoms with van der Waals surface area (Å²) in [6.45, 7) is 5.30. The molecule has 1 aromatic heterocycles. The van der Waals surface area contributed by atoms with Gasteiger partial charge >= 0.3 is 0 Å². The standard InChI is InChI=1S/C26H31BrN4O3/c1-3-4-16-31-22-14-13-18(2)17-20(22)24(26(31)34)30-29-23(32)12-6-5-9-15-28-25(33)19-10-7-8-11-21(19)27/h7-8,10-11,13-14,17,34H,3-6,9,12,15-16H2,1-2H3,(H,28,33). The number of aryl methyl sites for hydroxylation is 2. The number of aromatic nitrogens is 1. The van der Waals surface area contributed by atoms with Gasteiger partial charge in [-0.2, -0.15) is 0 Å². The number of carbonyl (C=O) groups excluding carboxylic acids is 2. The first-order valence-corrected chi connectivity index (χ1v) is 12.5. The Bertz CT molecular complexity index is 1190. The van der Waals surface area contributed by atoms with Crippen molar-refractivity contribution in [1.29, 1.82) is 0 Å². The lowest BCUT2D eigenvalue weighted by Gasteiger charge is -2.06. The van der Waals surface area contributed by atoms with Crippen molar-refractivity contribution in [3.8, 4) is 5.88 Å². The summed E-state index contributed by atoms with van der Waals surface area (Å²) in [5, 5.41) is 22.4. The summed E-state index contributed by atoms with van der Waals surface area (Å²) in [6, 6.07) is 13.2. The van der Waals surface area contributed by atoms with E-state index in [0.717, 1.165) is 46.6 Å². The van der Waals surface area contributed by atoms with E-state index in [0.29, 0.717) is 30.8 Å². The number of unbranched alkanes of at least 4 members (excludes halogenated alkanes) is 3. The first kappa shape index (κ1) is 25.6. The van der Waals surface area contributed by atoms with Crippen molar-refractivity contribution < 1.29 is 14.7 Å². The molecule has 0 spiro atoms. The highest BCUT2D eigenvalue weighted by Crippen LogP contribution is 2.39. The molecule has 2 N–H and O–H groups in total. The molecule has 180 valence electrons. The molecule has 0 aliphatic heterocycles. The fourth-order valence-corrected chi connectivity index (χ4v) is 4.22. The van der Waals surface area contributed by atoms with Crippen molar-refractivity contribution in [3.63, 3.8) is 0 Å². The van der Waals surface area contributed by atoms with Gasteiger partial charge in [-0.3, -0.25) is 9.59 Å². The molecule has 1 heterocycles. The normalized spacial score (nSPS) is 11.4. The summed E-state index contributed by atoms with van der Waals surface area (Å²) < 4.78 is 2.59. The number of amides is 2. The van der Waals surface area contributed by atoms with Crippen LogP contribution in [0.4, 0.5) is 5.69 Å². The number of azo groups is 1. The molecular weight excluding hydrogens is 496 g/mol. The lowest BCUT2D eigenvalue weighted by Crippen LogP contribution is -2.24. The van der Waals surface area contributed by atoms with Crippen LogP contribution in [-0.4, -0.2) is 28.0 Å². The van der Waals surface area contributed by atoms with Crippen LogP contribution in [-0.2, 0) is 11.3 Å². The topological polar surface area (TPSA) is 96.0 Å². The number of hydrogen-bond acceptors (Lipinski definition) is 4. The summed E-state index contributed by atoms with van der Waals surface area (Å²) in [7, 11) is 0. The average Bonchev–Trinajstić information content (AvgIpc) is 3.08. The van der Waals surface area contributed by atoms with Crippen LogP contribution in [0.1, 0.15) is 61.4 Å². The third kappa shape index (κ3) is 6.53. The van der Waals surface area contributed by atoms with Crippen molar-refractivity contribution in [1.82, 2.24) is 9.88 Å². The highest BCUT2D eigenvalue weighted by Gasteiger charge is 2.17. The van der Waals surface area contributed by atoms with Crippen molar-refractivity contribution >= 4 is 44.3 Å². The van der Waals surface area contributed by atoms with Crippen molar-refractivity contribution in [2.75, 3.05) is 6.54 Å². The van der Waals surface area contributed by atoms with Gasteiger partial charge in [0.2, 0.25) is 5.88 Å². The van der Waals surface area contributed by atoms with Crippen LogP contribution in [0.2, 0.25) is 0 Å². The van der Waals surface area contributed by atoms with E-state index in [1.807, 2.05) is 47.9 Å². The number of benzene rings is 2. The van der Waals surface area contributed by atoms with E-state index in [4.69, 9.17) is 0 Å². The predicted octanol–water partition coefficient (Wildman–Crippen LogP) is 6.82. The van der Waals surface area contributed by atoms with Crippen LogP contribution < -0.4 is 5.32 Å². The number of fused-ring (bicyclic) bond motifs is 1. The van der Waals surface area contributed by atoms with Crippen molar-refractivity contribution in [2.24, 2.45) is 10.2 Å². The molecule has 0 unspecified atom stereocenters. The second kappa shape index (κ2) is 12.5. The van der Waals surface area contributed by atoms with Gasteiger partial charge in [-0.05, 0) is 66.4 Å². The van der Waals surface area contributed by atoms with Gasteiger partial charge in [-0.15, -0.1) is 10.2 Å². The van der Waals surface area contributed by atoms with Gasteiger partial charge in [0.15, 0.2) is 5.69 Å². The minimum atomic E-state index is -0.321. The van der Waals surface area contributed by atoms with Gasteiger partial charge in [-0.1, -0.05) is 43.5 Å². The Morgan fingerprint density at radius 2 is 1.88 bits per heavy atom. The molecule has 0 radical (unpaired) electrons. The van der Waals surface area contributed by atoms with E-state index >= 15 is 0 Å². The fourth-order valence-electron chi connectivity index (χ4n) is 3.75. The third-order valence-electron chi connectivity index (χ3n) is 5.63. The number of rotatable bonds is 11. The molecule has 0 saturated carbocycles. The minimum Gasteiger partial charge on any atom is -0.493 e. The number of hydrogen-bond donors (Lipinski definition) is 2. The van der Waals surface area contributed by atoms with E-state index in [2.05, 4.69) is 38.4 Å². The molecule has 3 aromatic rings. The molecule has 2 aromatic carbocycles. The Hall–Kier alpha value is -3.00. The van der Waals surface area contributed by atoms with Gasteiger partial charge < -0.3 is 15.0 Å². The monoisotopic (exact) mass is 526 g/mol. The predicted molar refractivity (Wildman–Crippen MR) is 138 cm³/mol. The van der Waals surface area contributed by atoms with Gasteiger partial charge in [-0.25, -0.2) is 0 Å². The van der Waals surface area contributed by atoms with Gasteiger partial charge in [0.05, 0.1) is 11.1 Å². The highest BCUT2D eigenvalue weighted by molar-refractivity contribution is 9.10. The maximum absolute atomic E-state index is 12.2. The molecule has 0 fully saturated rings. The molecular formula is C26H31BrN4O3. The molecule has 7 nitrogen and oxygen atoms in total. The summed E-state index contributed by atoms with van der Waals surface area (Å²) in [5.74, 6) is -0.393. The molecule has 0 aliphatic carbocycles. The smallest absolute Gasteiger partial charge is 0.264 e. The SMILES string of the molecule is CCCCn1c(O)c(N=NC(=O)CCCCCNC(=O)c2ccccc2Br)c2cc(C)ccc21. The zero-order valence-electron chi connectivity index (χ0n) is 19.7. The second-order valence-corrected chi connectivity index (χ2v) is 9.19. The van der Waals surface area contributed by atoms with Crippen molar-refractivity contribution in [2.45, 2.75) is 58.9 Å². The molecule has 8 heteroatoms. The second-order valence-electron chi connectivity index (χ2n) is 8.34. The van der Waals surface area contributed by atoms with E-state index in [1.165, 1.54) is 0 Å². The van der Waals surface area contributed by atoms with E-state index < -0.39 is 0 Å². The number of nitrogens with one attached hydrogen (secondary N) is 1. The van der Waals surface area contributed by atoms with Gasteiger partial charge in [0, 0.05) is 29.4 Å². The number of nitrogens with zero attached hydrogens (tertiary/aromatic N) is 3. The molecule has 34 heavy (non-hydrogen) atoms. The zero-order valence-corrected chi connectivity index (χ0v) is 21.3. The van der Waals surface area contributed by atoms with Crippen molar-refractivity contribution in [3.05, 3.63) is 58.1 Å². The molecule has 0 atom stereocenters. The molecule has 0 saturated heterocycles. The number of carbonyl (C=O) groups is 2. The summed E-state index contributed by atoms with van der Waals surface area (Å²) >= 11 is 3.38. The average molecular weight is 527 g/mol. The maximum atomic E-state index is 12.2. The minimum absolute atomic E-state index is 0.0476. The number of aromatic hydroxyl groups is 1. The Morgan fingerprint density at radius 3 is 2.65 bits per heavy atom. The summed E-state index contributed by atoms with van der Waals surface area (Å²) in [6.07, 6.45) is 4.43. The van der Waals surface area contributed by atoms with E-state index in [-0.39, 0.29) is 24.1 Å². The van der Waals surface area contributed by atoms with Gasteiger partial charge in [0.1, 0.15) is 0 Å². The molecule has 0 aliphatic rings. The van der Waals surface area contributed by atoms with E-state index in [9.17, 15) is 14.7 Å². The fraction of sp³-hybridized carbons (Fsp3) is 0.385. The Morgan fingerprint density at radius 1 is 1.09 bits per heavy atom. The van der Waals surface area contributed by atoms with Crippen LogP contribution in [0.25, 0.3) is 10.9 Å². The Labute approximate surface area is 208 Å². The lowest BCUT2D eigenvalue weighted by molar-refractivity contribution is -0.118. The largest absolute Gasteiger partial charge is 0.493 e.